The molecule has 4 rings (SSSR count). The van der Waals surface area contributed by atoms with Gasteiger partial charge in [-0.25, -0.2) is 9.36 Å². The third-order valence-electron chi connectivity index (χ3n) is 5.90. The van der Waals surface area contributed by atoms with E-state index < -0.39 is 24.0 Å². The van der Waals surface area contributed by atoms with Gasteiger partial charge in [-0.3, -0.25) is 4.79 Å². The first-order valence-corrected chi connectivity index (χ1v) is 9.32. The number of nitrogens with zero attached hydrogens (tertiary/aromatic N) is 1. The molecule has 1 fully saturated rings. The van der Waals surface area contributed by atoms with Gasteiger partial charge in [0.15, 0.2) is 0 Å². The van der Waals surface area contributed by atoms with Crippen LogP contribution in [0.4, 0.5) is 0 Å². The molecule has 0 radical (unpaired) electrons. The molecule has 7 heteroatoms. The number of hydrogen-bond donors (Lipinski definition) is 1. The van der Waals surface area contributed by atoms with E-state index in [9.17, 15) is 9.59 Å². The molecule has 1 aliphatic rings. The highest BCUT2D eigenvalue weighted by atomic mass is 16.7. The second-order valence-corrected chi connectivity index (χ2v) is 8.20. The van der Waals surface area contributed by atoms with E-state index in [2.05, 4.69) is 4.98 Å². The van der Waals surface area contributed by atoms with Gasteiger partial charge >= 0.3 is 12.8 Å². The summed E-state index contributed by atoms with van der Waals surface area (Å²) in [6.45, 7) is 9.83. The summed E-state index contributed by atoms with van der Waals surface area (Å²) >= 11 is 0. The Labute approximate surface area is 163 Å². The van der Waals surface area contributed by atoms with Gasteiger partial charge in [-0.15, -0.1) is 0 Å². The monoisotopic (exact) mass is 378 g/mol. The molecule has 28 heavy (non-hydrogen) atoms. The maximum absolute atomic E-state index is 13.0. The van der Waals surface area contributed by atoms with Crippen LogP contribution in [0, 0.1) is 6.92 Å². The zero-order valence-corrected chi connectivity index (χ0v) is 16.7. The highest BCUT2D eigenvalue weighted by Gasteiger charge is 2.52. The van der Waals surface area contributed by atoms with E-state index in [1.165, 1.54) is 4.57 Å². The summed E-state index contributed by atoms with van der Waals surface area (Å²) in [5, 5.41) is 0.461. The molecule has 0 unspecified atom stereocenters. The Morgan fingerprint density at radius 2 is 1.57 bits per heavy atom. The van der Waals surface area contributed by atoms with Crippen molar-refractivity contribution in [3.8, 4) is 5.69 Å². The number of nitrogens with one attached hydrogen (secondary N) is 1. The molecule has 0 spiro atoms. The molecule has 3 aromatic rings. The largest absolute Gasteiger partial charge is 0.495 e. The van der Waals surface area contributed by atoms with Gasteiger partial charge in [-0.1, -0.05) is 24.3 Å². The molecule has 1 aromatic heterocycles. The van der Waals surface area contributed by atoms with Gasteiger partial charge in [-0.05, 0) is 63.8 Å². The maximum atomic E-state index is 13.0. The van der Waals surface area contributed by atoms with Crippen LogP contribution in [0.25, 0.3) is 16.6 Å². The molecule has 0 aliphatic carbocycles. The van der Waals surface area contributed by atoms with Gasteiger partial charge in [0.1, 0.15) is 0 Å². The van der Waals surface area contributed by atoms with Crippen LogP contribution >= 0.6 is 0 Å². The Bertz CT molecular complexity index is 1180. The third-order valence-corrected chi connectivity index (χ3v) is 5.90. The number of para-hydroxylation sites is 1. The molecule has 0 saturated carbocycles. The number of rotatable bonds is 2. The van der Waals surface area contributed by atoms with E-state index in [1.54, 1.807) is 30.3 Å². The van der Waals surface area contributed by atoms with Crippen molar-refractivity contribution < 1.29 is 9.31 Å². The molecular formula is C21H23BN2O4. The molecule has 0 bridgehead atoms. The quantitative estimate of drug-likeness (QED) is 0.695. The lowest BCUT2D eigenvalue weighted by molar-refractivity contribution is 0.00578. The summed E-state index contributed by atoms with van der Waals surface area (Å²) in [6.07, 6.45) is 0. The van der Waals surface area contributed by atoms with Crippen molar-refractivity contribution in [1.29, 1.82) is 0 Å². The standard InChI is InChI=1S/C21H23BN2O4/c1-13-15(22-27-20(2,3)21(4,5)28-22)10-8-12-17(13)24-18(25)14-9-6-7-11-16(14)23-19(24)26/h6-12H,1-5H3,(H,23,26). The van der Waals surface area contributed by atoms with Crippen LogP contribution in [0.1, 0.15) is 33.3 Å². The molecular weight excluding hydrogens is 355 g/mol. The predicted molar refractivity (Wildman–Crippen MR) is 111 cm³/mol. The number of aromatic amines is 1. The van der Waals surface area contributed by atoms with E-state index in [4.69, 9.17) is 9.31 Å². The minimum atomic E-state index is -0.569. The molecule has 144 valence electrons. The smallest absolute Gasteiger partial charge is 0.399 e. The van der Waals surface area contributed by atoms with E-state index >= 15 is 0 Å². The average Bonchev–Trinajstić information content (AvgIpc) is 2.84. The summed E-state index contributed by atoms with van der Waals surface area (Å²) in [6, 6.07) is 12.5. The second kappa shape index (κ2) is 6.19. The fourth-order valence-electron chi connectivity index (χ4n) is 3.49. The lowest BCUT2D eigenvalue weighted by Gasteiger charge is -2.32. The molecule has 1 N–H and O–H groups in total. The van der Waals surface area contributed by atoms with Crippen molar-refractivity contribution in [2.75, 3.05) is 0 Å². The fraction of sp³-hybridized carbons (Fsp3) is 0.333. The predicted octanol–water partition coefficient (Wildman–Crippen LogP) is 2.29. The van der Waals surface area contributed by atoms with Gasteiger partial charge in [0.2, 0.25) is 0 Å². The minimum Gasteiger partial charge on any atom is -0.399 e. The van der Waals surface area contributed by atoms with Gasteiger partial charge < -0.3 is 14.3 Å². The van der Waals surface area contributed by atoms with Crippen molar-refractivity contribution in [1.82, 2.24) is 9.55 Å². The Morgan fingerprint density at radius 3 is 2.25 bits per heavy atom. The molecule has 2 aromatic carbocycles. The Kier molecular flexibility index (Phi) is 4.14. The number of aromatic nitrogens is 2. The van der Waals surface area contributed by atoms with Gasteiger partial charge in [0.05, 0.1) is 27.8 Å². The van der Waals surface area contributed by atoms with E-state index in [0.29, 0.717) is 16.6 Å². The van der Waals surface area contributed by atoms with Crippen molar-refractivity contribution in [3.63, 3.8) is 0 Å². The van der Waals surface area contributed by atoms with Crippen LogP contribution in [-0.2, 0) is 9.31 Å². The summed E-state index contributed by atoms with van der Waals surface area (Å²) in [7, 11) is -0.569. The van der Waals surface area contributed by atoms with E-state index in [0.717, 1.165) is 11.0 Å². The van der Waals surface area contributed by atoms with E-state index in [-0.39, 0.29) is 5.56 Å². The van der Waals surface area contributed by atoms with Crippen LogP contribution in [0.2, 0.25) is 0 Å². The second-order valence-electron chi connectivity index (χ2n) is 8.20. The summed E-state index contributed by atoms with van der Waals surface area (Å²) in [4.78, 5) is 28.5. The third kappa shape index (κ3) is 2.74. The zero-order chi connectivity index (χ0) is 20.3. The van der Waals surface area contributed by atoms with E-state index in [1.807, 2.05) is 46.8 Å². The molecule has 1 saturated heterocycles. The topological polar surface area (TPSA) is 73.3 Å². The normalized spacial score (nSPS) is 18.0. The number of hydrogen-bond acceptors (Lipinski definition) is 4. The van der Waals surface area contributed by atoms with Gasteiger partial charge in [0, 0.05) is 0 Å². The Morgan fingerprint density at radius 1 is 0.929 bits per heavy atom. The van der Waals surface area contributed by atoms with Crippen molar-refractivity contribution in [2.24, 2.45) is 0 Å². The maximum Gasteiger partial charge on any atom is 0.495 e. The van der Waals surface area contributed by atoms with Crippen LogP contribution in [-0.4, -0.2) is 27.9 Å². The number of H-pyrrole nitrogens is 1. The van der Waals surface area contributed by atoms with Crippen LogP contribution < -0.4 is 16.7 Å². The number of fused-ring (bicyclic) bond motifs is 1. The van der Waals surface area contributed by atoms with Crippen LogP contribution in [0.3, 0.4) is 0 Å². The van der Waals surface area contributed by atoms with Crippen molar-refractivity contribution in [2.45, 2.75) is 45.8 Å². The molecule has 0 amide bonds. The van der Waals surface area contributed by atoms with Crippen LogP contribution in [0.15, 0.2) is 52.1 Å². The zero-order valence-electron chi connectivity index (χ0n) is 16.7. The lowest BCUT2D eigenvalue weighted by Crippen LogP contribution is -2.41. The van der Waals surface area contributed by atoms with Crippen molar-refractivity contribution >= 4 is 23.5 Å². The highest BCUT2D eigenvalue weighted by Crippen LogP contribution is 2.36. The molecule has 6 nitrogen and oxygen atoms in total. The summed E-state index contributed by atoms with van der Waals surface area (Å²) in [5.74, 6) is 0. The summed E-state index contributed by atoms with van der Waals surface area (Å²) < 4.78 is 13.5. The first kappa shape index (κ1) is 18.7. The van der Waals surface area contributed by atoms with Crippen LogP contribution in [0.5, 0.6) is 0 Å². The molecule has 1 aliphatic heterocycles. The number of benzene rings is 2. The van der Waals surface area contributed by atoms with Gasteiger partial charge in [0.25, 0.3) is 5.56 Å². The Balaban J connectivity index is 1.89. The summed E-state index contributed by atoms with van der Waals surface area (Å²) in [5.41, 5.74) is 0.831. The van der Waals surface area contributed by atoms with Gasteiger partial charge in [-0.2, -0.15) is 0 Å². The lowest BCUT2D eigenvalue weighted by atomic mass is 9.76. The fourth-order valence-corrected chi connectivity index (χ4v) is 3.49. The SMILES string of the molecule is Cc1c(B2OC(C)(C)C(C)(C)O2)cccc1-n1c(=O)[nH]c2ccccc2c1=O. The highest BCUT2D eigenvalue weighted by molar-refractivity contribution is 6.62. The first-order valence-electron chi connectivity index (χ1n) is 9.32. The molecule has 0 atom stereocenters. The minimum absolute atomic E-state index is 0.353. The first-order chi connectivity index (χ1) is 13.1. The molecule has 2 heterocycles. The Hall–Kier alpha value is -2.64. The van der Waals surface area contributed by atoms with Crippen molar-refractivity contribution in [3.05, 3.63) is 68.9 Å². The average molecular weight is 378 g/mol.